The van der Waals surface area contributed by atoms with Crippen molar-refractivity contribution in [3.8, 4) is 0 Å². The normalized spacial score (nSPS) is 15.9. The number of hydrogen-bond acceptors (Lipinski definition) is 7. The van der Waals surface area contributed by atoms with E-state index in [1.54, 1.807) is 0 Å². The average molecular weight is 293 g/mol. The van der Waals surface area contributed by atoms with E-state index in [1.165, 1.54) is 6.33 Å². The molecular formula is C14H23N5O2. The molecule has 0 radical (unpaired) electrons. The van der Waals surface area contributed by atoms with Crippen molar-refractivity contribution in [2.75, 3.05) is 49.3 Å². The number of carbonyl (C=O) groups excluding carboxylic acids is 1. The van der Waals surface area contributed by atoms with E-state index in [4.69, 9.17) is 10.5 Å². The summed E-state index contributed by atoms with van der Waals surface area (Å²) >= 11 is 0. The van der Waals surface area contributed by atoms with Crippen LogP contribution in [-0.2, 0) is 9.53 Å². The van der Waals surface area contributed by atoms with E-state index in [0.717, 1.165) is 31.7 Å². The van der Waals surface area contributed by atoms with Gasteiger partial charge in [-0.05, 0) is 19.8 Å². The molecule has 0 unspecified atom stereocenters. The first-order valence-electron chi connectivity index (χ1n) is 7.24. The molecule has 1 aromatic heterocycles. The maximum atomic E-state index is 11.8. The van der Waals surface area contributed by atoms with Gasteiger partial charge in [-0.25, -0.2) is 9.97 Å². The lowest BCUT2D eigenvalue weighted by Gasteiger charge is -2.32. The van der Waals surface area contributed by atoms with Crippen molar-refractivity contribution in [3.05, 3.63) is 6.33 Å². The molecule has 0 bridgehead atoms. The van der Waals surface area contributed by atoms with Gasteiger partial charge in [0, 0.05) is 27.2 Å². The summed E-state index contributed by atoms with van der Waals surface area (Å²) in [6, 6.07) is 0. The van der Waals surface area contributed by atoms with Gasteiger partial charge in [0.05, 0.1) is 12.5 Å². The molecule has 0 aliphatic carbocycles. The maximum Gasteiger partial charge on any atom is 0.309 e. The lowest BCUT2D eigenvalue weighted by molar-refractivity contribution is -0.148. The maximum absolute atomic E-state index is 11.8. The van der Waals surface area contributed by atoms with Gasteiger partial charge in [-0.2, -0.15) is 0 Å². The summed E-state index contributed by atoms with van der Waals surface area (Å²) in [5, 5.41) is 0. The summed E-state index contributed by atoms with van der Waals surface area (Å²) < 4.78 is 5.08. The summed E-state index contributed by atoms with van der Waals surface area (Å²) in [5.41, 5.74) is 6.74. The van der Waals surface area contributed by atoms with Crippen molar-refractivity contribution in [2.24, 2.45) is 5.92 Å². The second-order valence-corrected chi connectivity index (χ2v) is 5.34. The molecular weight excluding hydrogens is 270 g/mol. The number of piperidine rings is 1. The average Bonchev–Trinajstić information content (AvgIpc) is 2.47. The predicted octanol–water partition coefficient (Wildman–Crippen LogP) is 0.904. The Balaban J connectivity index is 2.06. The van der Waals surface area contributed by atoms with Gasteiger partial charge in [0.15, 0.2) is 11.6 Å². The zero-order valence-electron chi connectivity index (χ0n) is 12.9. The van der Waals surface area contributed by atoms with Gasteiger partial charge in [-0.15, -0.1) is 0 Å². The van der Waals surface area contributed by atoms with Crippen LogP contribution in [0.1, 0.15) is 19.8 Å². The highest BCUT2D eigenvalue weighted by molar-refractivity contribution is 5.76. The first-order valence-corrected chi connectivity index (χ1v) is 7.24. The molecule has 0 aromatic carbocycles. The molecule has 1 fully saturated rings. The number of rotatable bonds is 4. The standard InChI is InChI=1S/C14H23N5O2/c1-4-21-14(20)10-5-7-19(8-6-10)13-11(15)12(18(2)3)16-9-17-13/h9-10H,4-8,15H2,1-3H3. The number of nitrogens with two attached hydrogens (primary N) is 1. The number of nitrogen functional groups attached to an aromatic ring is 1. The van der Waals surface area contributed by atoms with Crippen molar-refractivity contribution >= 4 is 23.3 Å². The molecule has 7 nitrogen and oxygen atoms in total. The Morgan fingerprint density at radius 2 is 2.10 bits per heavy atom. The van der Waals surface area contributed by atoms with Gasteiger partial charge in [-0.3, -0.25) is 4.79 Å². The monoisotopic (exact) mass is 293 g/mol. The van der Waals surface area contributed by atoms with Crippen LogP contribution in [0.4, 0.5) is 17.3 Å². The van der Waals surface area contributed by atoms with E-state index in [9.17, 15) is 4.79 Å². The van der Waals surface area contributed by atoms with E-state index in [1.807, 2.05) is 25.9 Å². The molecule has 7 heteroatoms. The van der Waals surface area contributed by atoms with Crippen LogP contribution in [-0.4, -0.2) is 49.7 Å². The molecule has 0 spiro atoms. The Bertz CT molecular complexity index is 498. The molecule has 116 valence electrons. The third kappa shape index (κ3) is 3.34. The predicted molar refractivity (Wildman–Crippen MR) is 82.3 cm³/mol. The van der Waals surface area contributed by atoms with Gasteiger partial charge in [0.25, 0.3) is 0 Å². The first kappa shape index (κ1) is 15.3. The van der Waals surface area contributed by atoms with Crippen LogP contribution in [0, 0.1) is 5.92 Å². The third-order valence-electron chi connectivity index (χ3n) is 3.68. The molecule has 1 aliphatic heterocycles. The molecule has 1 aromatic rings. The molecule has 0 saturated carbocycles. The van der Waals surface area contributed by atoms with Crippen LogP contribution in [0.3, 0.4) is 0 Å². The van der Waals surface area contributed by atoms with Gasteiger partial charge >= 0.3 is 5.97 Å². The van der Waals surface area contributed by atoms with Crippen molar-refractivity contribution in [1.29, 1.82) is 0 Å². The van der Waals surface area contributed by atoms with Crippen LogP contribution >= 0.6 is 0 Å². The molecule has 2 heterocycles. The third-order valence-corrected chi connectivity index (χ3v) is 3.68. The highest BCUT2D eigenvalue weighted by atomic mass is 16.5. The van der Waals surface area contributed by atoms with E-state index in [2.05, 4.69) is 14.9 Å². The van der Waals surface area contributed by atoms with Crippen LogP contribution in [0.5, 0.6) is 0 Å². The summed E-state index contributed by atoms with van der Waals surface area (Å²) in [4.78, 5) is 24.2. The van der Waals surface area contributed by atoms with E-state index in [0.29, 0.717) is 18.1 Å². The van der Waals surface area contributed by atoms with Gasteiger partial charge in [0.1, 0.15) is 12.0 Å². The van der Waals surface area contributed by atoms with E-state index < -0.39 is 0 Å². The second-order valence-electron chi connectivity index (χ2n) is 5.34. The van der Waals surface area contributed by atoms with Crippen LogP contribution in [0.25, 0.3) is 0 Å². The number of hydrogen-bond donors (Lipinski definition) is 1. The molecule has 0 amide bonds. The summed E-state index contributed by atoms with van der Waals surface area (Å²) in [7, 11) is 3.80. The van der Waals surface area contributed by atoms with E-state index in [-0.39, 0.29) is 11.9 Å². The number of nitrogens with zero attached hydrogens (tertiary/aromatic N) is 4. The van der Waals surface area contributed by atoms with Gasteiger partial charge < -0.3 is 20.3 Å². The minimum atomic E-state index is -0.0956. The van der Waals surface area contributed by atoms with Crippen LogP contribution < -0.4 is 15.5 Å². The molecule has 0 atom stereocenters. The molecule has 2 N–H and O–H groups in total. The molecule has 21 heavy (non-hydrogen) atoms. The fourth-order valence-corrected chi connectivity index (χ4v) is 2.57. The Morgan fingerprint density at radius 3 is 2.67 bits per heavy atom. The highest BCUT2D eigenvalue weighted by Crippen LogP contribution is 2.30. The van der Waals surface area contributed by atoms with Crippen LogP contribution in [0.15, 0.2) is 6.33 Å². The molecule has 2 rings (SSSR count). The van der Waals surface area contributed by atoms with Crippen molar-refractivity contribution in [1.82, 2.24) is 9.97 Å². The van der Waals surface area contributed by atoms with E-state index >= 15 is 0 Å². The van der Waals surface area contributed by atoms with Crippen LogP contribution in [0.2, 0.25) is 0 Å². The Kier molecular flexibility index (Phi) is 4.82. The first-order chi connectivity index (χ1) is 10.0. The number of ether oxygens (including phenoxy) is 1. The minimum Gasteiger partial charge on any atom is -0.466 e. The minimum absolute atomic E-state index is 0.0161. The zero-order chi connectivity index (χ0) is 15.4. The fraction of sp³-hybridized carbons (Fsp3) is 0.643. The number of anilines is 3. The number of aromatic nitrogens is 2. The SMILES string of the molecule is CCOC(=O)C1CCN(c2ncnc(N(C)C)c2N)CC1. The van der Waals surface area contributed by atoms with Gasteiger partial charge in [-0.1, -0.05) is 0 Å². The van der Waals surface area contributed by atoms with Crippen molar-refractivity contribution in [2.45, 2.75) is 19.8 Å². The lowest BCUT2D eigenvalue weighted by atomic mass is 9.97. The largest absolute Gasteiger partial charge is 0.466 e. The van der Waals surface area contributed by atoms with Crippen molar-refractivity contribution in [3.63, 3.8) is 0 Å². The molecule has 1 aliphatic rings. The Labute approximate surface area is 125 Å². The summed E-state index contributed by atoms with van der Waals surface area (Å²) in [5.74, 6) is 1.35. The Hall–Kier alpha value is -2.05. The topological polar surface area (TPSA) is 84.6 Å². The lowest BCUT2D eigenvalue weighted by Crippen LogP contribution is -2.38. The Morgan fingerprint density at radius 1 is 1.43 bits per heavy atom. The summed E-state index contributed by atoms with van der Waals surface area (Å²) in [6.45, 7) is 3.76. The number of carbonyl (C=O) groups is 1. The quantitative estimate of drug-likeness (QED) is 0.826. The van der Waals surface area contributed by atoms with Crippen molar-refractivity contribution < 1.29 is 9.53 Å². The fourth-order valence-electron chi connectivity index (χ4n) is 2.57. The molecule has 1 saturated heterocycles. The second kappa shape index (κ2) is 6.60. The highest BCUT2D eigenvalue weighted by Gasteiger charge is 2.28. The zero-order valence-corrected chi connectivity index (χ0v) is 12.9. The van der Waals surface area contributed by atoms with Gasteiger partial charge in [0.2, 0.25) is 0 Å². The smallest absolute Gasteiger partial charge is 0.309 e. The summed E-state index contributed by atoms with van der Waals surface area (Å²) in [6.07, 6.45) is 3.05. The number of esters is 1.